The van der Waals surface area contributed by atoms with Crippen molar-refractivity contribution in [2.45, 2.75) is 45.3 Å². The number of benzene rings is 1. The summed E-state index contributed by atoms with van der Waals surface area (Å²) in [7, 11) is 0. The first-order chi connectivity index (χ1) is 8.94. The molecule has 0 bridgehead atoms. The maximum absolute atomic E-state index is 6.17. The lowest BCUT2D eigenvalue weighted by Crippen LogP contribution is -2.50. The van der Waals surface area contributed by atoms with Crippen molar-refractivity contribution in [2.24, 2.45) is 5.73 Å². The van der Waals surface area contributed by atoms with Crippen molar-refractivity contribution in [3.05, 3.63) is 35.5 Å². The van der Waals surface area contributed by atoms with Gasteiger partial charge in [-0.05, 0) is 38.8 Å². The lowest BCUT2D eigenvalue weighted by Gasteiger charge is -2.37. The largest absolute Gasteiger partial charge is 0.357 e. The van der Waals surface area contributed by atoms with E-state index in [9.17, 15) is 0 Å². The zero-order valence-corrected chi connectivity index (χ0v) is 12.0. The summed E-state index contributed by atoms with van der Waals surface area (Å²) in [5.41, 5.74) is 10.1. The number of fused-ring (bicyclic) bond motifs is 3. The van der Waals surface area contributed by atoms with Gasteiger partial charge in [-0.15, -0.1) is 0 Å². The SMILES string of the molecule is CC1Cc2c([nH]c3ccccc23)CN1CC(C)(C)N. The first-order valence-corrected chi connectivity index (χ1v) is 7.05. The maximum atomic E-state index is 6.17. The lowest BCUT2D eigenvalue weighted by atomic mass is 9.95. The van der Waals surface area contributed by atoms with E-state index >= 15 is 0 Å². The van der Waals surface area contributed by atoms with E-state index in [1.807, 2.05) is 0 Å². The highest BCUT2D eigenvalue weighted by atomic mass is 15.2. The molecule has 102 valence electrons. The number of hydrogen-bond acceptors (Lipinski definition) is 2. The summed E-state index contributed by atoms with van der Waals surface area (Å²) in [5, 5.41) is 1.39. The van der Waals surface area contributed by atoms with Crippen molar-refractivity contribution in [1.29, 1.82) is 0 Å². The molecule has 1 aromatic carbocycles. The standard InChI is InChI=1S/C16H23N3/c1-11-8-13-12-6-4-5-7-14(12)18-15(13)9-19(11)10-16(2,3)17/h4-7,11,18H,8-10,17H2,1-3H3. The fourth-order valence-electron chi connectivity index (χ4n) is 3.14. The summed E-state index contributed by atoms with van der Waals surface area (Å²) < 4.78 is 0. The van der Waals surface area contributed by atoms with Gasteiger partial charge in [0.2, 0.25) is 0 Å². The Labute approximate surface area is 114 Å². The molecule has 3 rings (SSSR count). The predicted octanol–water partition coefficient (Wildman–Crippen LogP) is 2.65. The number of nitrogens with one attached hydrogen (secondary N) is 1. The van der Waals surface area contributed by atoms with Crippen LogP contribution < -0.4 is 5.73 Å². The molecule has 0 saturated heterocycles. The molecule has 1 aliphatic rings. The molecule has 2 heterocycles. The van der Waals surface area contributed by atoms with Crippen LogP contribution in [0.2, 0.25) is 0 Å². The minimum absolute atomic E-state index is 0.141. The van der Waals surface area contributed by atoms with Crippen LogP contribution in [0.25, 0.3) is 10.9 Å². The van der Waals surface area contributed by atoms with Crippen LogP contribution in [0.4, 0.5) is 0 Å². The monoisotopic (exact) mass is 257 g/mol. The van der Waals surface area contributed by atoms with Gasteiger partial charge in [-0.3, -0.25) is 4.90 Å². The van der Waals surface area contributed by atoms with Crippen LogP contribution in [0.5, 0.6) is 0 Å². The second-order valence-electron chi connectivity index (χ2n) is 6.57. The van der Waals surface area contributed by atoms with Gasteiger partial charge in [-0.1, -0.05) is 18.2 Å². The van der Waals surface area contributed by atoms with Crippen LogP contribution >= 0.6 is 0 Å². The average Bonchev–Trinajstić information content (AvgIpc) is 2.66. The Bertz CT molecular complexity index is 592. The number of H-pyrrole nitrogens is 1. The van der Waals surface area contributed by atoms with Gasteiger partial charge >= 0.3 is 0 Å². The van der Waals surface area contributed by atoms with Gasteiger partial charge in [0, 0.05) is 41.3 Å². The molecule has 19 heavy (non-hydrogen) atoms. The van der Waals surface area contributed by atoms with Crippen molar-refractivity contribution in [1.82, 2.24) is 9.88 Å². The van der Waals surface area contributed by atoms with E-state index in [0.29, 0.717) is 6.04 Å². The first-order valence-electron chi connectivity index (χ1n) is 7.05. The summed E-state index contributed by atoms with van der Waals surface area (Å²) >= 11 is 0. The van der Waals surface area contributed by atoms with E-state index < -0.39 is 0 Å². The summed E-state index contributed by atoms with van der Waals surface area (Å²) in [6, 6.07) is 9.15. The lowest BCUT2D eigenvalue weighted by molar-refractivity contribution is 0.151. The number of aromatic nitrogens is 1. The van der Waals surface area contributed by atoms with Crippen LogP contribution in [-0.2, 0) is 13.0 Å². The van der Waals surface area contributed by atoms with Crippen LogP contribution in [0.15, 0.2) is 24.3 Å². The highest BCUT2D eigenvalue weighted by Gasteiger charge is 2.28. The second kappa shape index (κ2) is 4.36. The third kappa shape index (κ3) is 2.40. The minimum atomic E-state index is -0.141. The Kier molecular flexibility index (Phi) is 2.91. The molecule has 0 aliphatic carbocycles. The summed E-state index contributed by atoms with van der Waals surface area (Å²) in [5.74, 6) is 0. The van der Waals surface area contributed by atoms with Crippen molar-refractivity contribution >= 4 is 10.9 Å². The molecule has 1 aliphatic heterocycles. The predicted molar refractivity (Wildman–Crippen MR) is 80.1 cm³/mol. The first kappa shape index (κ1) is 12.7. The van der Waals surface area contributed by atoms with Crippen LogP contribution in [0, 0.1) is 0 Å². The van der Waals surface area contributed by atoms with Gasteiger partial charge < -0.3 is 10.7 Å². The fraction of sp³-hybridized carbons (Fsp3) is 0.500. The van der Waals surface area contributed by atoms with Crippen LogP contribution in [0.3, 0.4) is 0 Å². The Morgan fingerprint density at radius 3 is 2.84 bits per heavy atom. The third-order valence-corrected chi connectivity index (χ3v) is 4.00. The van der Waals surface area contributed by atoms with Gasteiger partial charge in [-0.25, -0.2) is 0 Å². The highest BCUT2D eigenvalue weighted by molar-refractivity contribution is 5.84. The highest BCUT2D eigenvalue weighted by Crippen LogP contribution is 2.30. The van der Waals surface area contributed by atoms with Crippen LogP contribution in [-0.4, -0.2) is 28.0 Å². The van der Waals surface area contributed by atoms with Crippen molar-refractivity contribution < 1.29 is 0 Å². The fourth-order valence-corrected chi connectivity index (χ4v) is 3.14. The molecule has 2 aromatic rings. The molecular formula is C16H23N3. The minimum Gasteiger partial charge on any atom is -0.357 e. The molecule has 0 fully saturated rings. The number of hydrogen-bond donors (Lipinski definition) is 2. The van der Waals surface area contributed by atoms with E-state index in [4.69, 9.17) is 5.73 Å². The van der Waals surface area contributed by atoms with Gasteiger partial charge in [0.15, 0.2) is 0 Å². The molecule has 0 spiro atoms. The molecule has 3 nitrogen and oxygen atoms in total. The molecule has 1 atom stereocenters. The van der Waals surface area contributed by atoms with Crippen molar-refractivity contribution in [3.8, 4) is 0 Å². The van der Waals surface area contributed by atoms with Crippen LogP contribution in [0.1, 0.15) is 32.0 Å². The average molecular weight is 257 g/mol. The molecular weight excluding hydrogens is 234 g/mol. The number of para-hydroxylation sites is 1. The van der Waals surface area contributed by atoms with E-state index in [1.165, 1.54) is 22.2 Å². The Balaban J connectivity index is 1.95. The number of rotatable bonds is 2. The van der Waals surface area contributed by atoms with Gasteiger partial charge in [0.1, 0.15) is 0 Å². The van der Waals surface area contributed by atoms with E-state index in [-0.39, 0.29) is 5.54 Å². The number of aromatic amines is 1. The van der Waals surface area contributed by atoms with Gasteiger partial charge in [-0.2, -0.15) is 0 Å². The smallest absolute Gasteiger partial charge is 0.0459 e. The van der Waals surface area contributed by atoms with E-state index in [0.717, 1.165) is 19.5 Å². The molecule has 0 saturated carbocycles. The van der Waals surface area contributed by atoms with Gasteiger partial charge in [0.05, 0.1) is 0 Å². The zero-order valence-electron chi connectivity index (χ0n) is 12.0. The zero-order chi connectivity index (χ0) is 13.6. The molecule has 3 N–H and O–H groups in total. The normalized spacial score (nSPS) is 20.7. The Morgan fingerprint density at radius 1 is 1.37 bits per heavy atom. The number of nitrogens with zero attached hydrogens (tertiary/aromatic N) is 1. The maximum Gasteiger partial charge on any atom is 0.0459 e. The molecule has 1 unspecified atom stereocenters. The summed E-state index contributed by atoms with van der Waals surface area (Å²) in [6.07, 6.45) is 1.11. The molecule has 3 heteroatoms. The van der Waals surface area contributed by atoms with E-state index in [2.05, 4.69) is 54.9 Å². The molecule has 0 radical (unpaired) electrons. The Hall–Kier alpha value is -1.32. The molecule has 0 amide bonds. The number of nitrogens with two attached hydrogens (primary N) is 1. The topological polar surface area (TPSA) is 45.0 Å². The molecule has 1 aromatic heterocycles. The Morgan fingerprint density at radius 2 is 2.11 bits per heavy atom. The van der Waals surface area contributed by atoms with Gasteiger partial charge in [0.25, 0.3) is 0 Å². The van der Waals surface area contributed by atoms with Crippen molar-refractivity contribution in [3.63, 3.8) is 0 Å². The quantitative estimate of drug-likeness (QED) is 0.868. The second-order valence-corrected chi connectivity index (χ2v) is 6.57. The van der Waals surface area contributed by atoms with E-state index in [1.54, 1.807) is 0 Å². The van der Waals surface area contributed by atoms with Crippen molar-refractivity contribution in [2.75, 3.05) is 6.54 Å². The summed E-state index contributed by atoms with van der Waals surface area (Å²) in [6.45, 7) is 8.41. The summed E-state index contributed by atoms with van der Waals surface area (Å²) in [4.78, 5) is 6.05. The third-order valence-electron chi connectivity index (χ3n) is 4.00.